The average molecular weight is 892 g/mol. The molecule has 0 atom stereocenters. The van der Waals surface area contributed by atoms with Crippen LogP contribution < -0.4 is 9.80 Å². The van der Waals surface area contributed by atoms with Gasteiger partial charge in [0, 0.05) is 33.4 Å². The molecular weight excluding hydrogens is 847 g/mol. The summed E-state index contributed by atoms with van der Waals surface area (Å²) in [7, 11) is 0. The van der Waals surface area contributed by atoms with Crippen molar-refractivity contribution in [1.29, 1.82) is 0 Å². The van der Waals surface area contributed by atoms with Gasteiger partial charge in [-0.1, -0.05) is 206 Å². The number of hydrogen-bond donors (Lipinski definition) is 0. The Balaban J connectivity index is 0.810. The highest BCUT2D eigenvalue weighted by molar-refractivity contribution is 6.18. The summed E-state index contributed by atoms with van der Waals surface area (Å²) in [5.41, 5.74) is 10.8. The van der Waals surface area contributed by atoms with E-state index in [1.807, 2.05) is 6.20 Å². The first-order chi connectivity index (χ1) is 34.7. The molecular formula is C67H45N3. The van der Waals surface area contributed by atoms with Crippen molar-refractivity contribution in [3.05, 3.63) is 272 Å². The third kappa shape index (κ3) is 7.47. The van der Waals surface area contributed by atoms with Crippen LogP contribution in [0.4, 0.5) is 34.1 Å². The van der Waals surface area contributed by atoms with E-state index in [2.05, 4.69) is 277 Å². The third-order valence-corrected chi connectivity index (χ3v) is 13.8. The van der Waals surface area contributed by atoms with Crippen molar-refractivity contribution in [1.82, 2.24) is 4.98 Å². The fourth-order valence-corrected chi connectivity index (χ4v) is 10.3. The van der Waals surface area contributed by atoms with Gasteiger partial charge in [-0.25, -0.2) is 0 Å². The molecule has 3 heteroatoms. The second kappa shape index (κ2) is 17.4. The molecule has 0 aliphatic carbocycles. The van der Waals surface area contributed by atoms with E-state index >= 15 is 0 Å². The van der Waals surface area contributed by atoms with Gasteiger partial charge in [-0.05, 0) is 126 Å². The van der Waals surface area contributed by atoms with E-state index in [1.165, 1.54) is 64.6 Å². The highest BCUT2D eigenvalue weighted by Gasteiger charge is 2.21. The van der Waals surface area contributed by atoms with E-state index in [1.54, 1.807) is 0 Å². The second-order valence-corrected chi connectivity index (χ2v) is 18.0. The lowest BCUT2D eigenvalue weighted by Gasteiger charge is -2.29. The maximum atomic E-state index is 5.16. The summed E-state index contributed by atoms with van der Waals surface area (Å²) in [6, 6.07) is 92.0. The molecule has 0 N–H and O–H groups in total. The molecule has 3 nitrogen and oxygen atoms in total. The van der Waals surface area contributed by atoms with Gasteiger partial charge in [-0.15, -0.1) is 0 Å². The lowest BCUT2D eigenvalue weighted by atomic mass is 9.96. The molecule has 0 saturated heterocycles. The van der Waals surface area contributed by atoms with Gasteiger partial charge in [0.1, 0.15) is 0 Å². The molecule has 0 saturated carbocycles. The number of rotatable bonds is 9. The number of fused-ring (bicyclic) bond motifs is 8. The Morgan fingerprint density at radius 3 is 1.16 bits per heavy atom. The summed E-state index contributed by atoms with van der Waals surface area (Å²) in [6.07, 6.45) is 6.39. The molecule has 70 heavy (non-hydrogen) atoms. The molecule has 1 aromatic heterocycles. The van der Waals surface area contributed by atoms with Gasteiger partial charge >= 0.3 is 0 Å². The highest BCUT2D eigenvalue weighted by Crippen LogP contribution is 2.46. The van der Waals surface area contributed by atoms with Crippen LogP contribution in [-0.4, -0.2) is 4.98 Å². The van der Waals surface area contributed by atoms with Crippen LogP contribution in [0.3, 0.4) is 0 Å². The Labute approximate surface area is 407 Å². The van der Waals surface area contributed by atoms with Crippen LogP contribution in [0.1, 0.15) is 11.1 Å². The van der Waals surface area contributed by atoms with Crippen molar-refractivity contribution in [2.24, 2.45) is 0 Å². The molecule has 13 aromatic rings. The van der Waals surface area contributed by atoms with Gasteiger partial charge in [-0.2, -0.15) is 0 Å². The highest BCUT2D eigenvalue weighted by atomic mass is 15.2. The molecule has 12 aromatic carbocycles. The molecule has 0 amide bonds. The number of anilines is 6. The SMILES string of the molecule is C(=Cc1ccc(N(c2ccc3ccccc3c2)c2ccc3ccccc3c2)cc1)c1ccc(-c2ccc(N(c3cc4ccccc4c4ccccc34)c3cc4ccccc4c4ccccc34)cn2)cc1. The molecule has 0 aliphatic heterocycles. The first-order valence-corrected chi connectivity index (χ1v) is 23.9. The second-order valence-electron chi connectivity index (χ2n) is 18.0. The summed E-state index contributed by atoms with van der Waals surface area (Å²) in [5, 5.41) is 14.6. The van der Waals surface area contributed by atoms with Crippen molar-refractivity contribution in [3.63, 3.8) is 0 Å². The molecule has 0 aliphatic rings. The predicted molar refractivity (Wildman–Crippen MR) is 299 cm³/mol. The molecule has 0 radical (unpaired) electrons. The van der Waals surface area contributed by atoms with Crippen LogP contribution in [0.15, 0.2) is 261 Å². The van der Waals surface area contributed by atoms with Crippen molar-refractivity contribution < 1.29 is 0 Å². The molecule has 0 bridgehead atoms. The quantitative estimate of drug-likeness (QED) is 0.106. The molecule has 13 rings (SSSR count). The van der Waals surface area contributed by atoms with Crippen LogP contribution in [0.2, 0.25) is 0 Å². The van der Waals surface area contributed by atoms with Gasteiger partial charge < -0.3 is 9.80 Å². The Hall–Kier alpha value is -9.31. The smallest absolute Gasteiger partial charge is 0.0703 e. The van der Waals surface area contributed by atoms with E-state index in [4.69, 9.17) is 4.98 Å². The fourth-order valence-electron chi connectivity index (χ4n) is 10.3. The van der Waals surface area contributed by atoms with Crippen LogP contribution in [0.25, 0.3) is 88.0 Å². The molecule has 328 valence electrons. The monoisotopic (exact) mass is 891 g/mol. The normalized spacial score (nSPS) is 11.7. The molecule has 0 unspecified atom stereocenters. The number of nitrogens with zero attached hydrogens (tertiary/aromatic N) is 3. The first-order valence-electron chi connectivity index (χ1n) is 23.9. The topological polar surface area (TPSA) is 19.4 Å². The largest absolute Gasteiger partial charge is 0.310 e. The Morgan fingerprint density at radius 1 is 0.271 bits per heavy atom. The van der Waals surface area contributed by atoms with Crippen molar-refractivity contribution in [3.8, 4) is 11.3 Å². The molecule has 0 spiro atoms. The minimum Gasteiger partial charge on any atom is -0.310 e. The van der Waals surface area contributed by atoms with Gasteiger partial charge in [-0.3, -0.25) is 4.98 Å². The van der Waals surface area contributed by atoms with Crippen LogP contribution in [0.5, 0.6) is 0 Å². The van der Waals surface area contributed by atoms with E-state index in [0.717, 1.165) is 56.5 Å². The number of pyridine rings is 1. The van der Waals surface area contributed by atoms with Crippen molar-refractivity contribution in [2.75, 3.05) is 9.80 Å². The van der Waals surface area contributed by atoms with Gasteiger partial charge in [0.25, 0.3) is 0 Å². The van der Waals surface area contributed by atoms with E-state index in [-0.39, 0.29) is 0 Å². The summed E-state index contributed by atoms with van der Waals surface area (Å²) >= 11 is 0. The van der Waals surface area contributed by atoms with Crippen LogP contribution >= 0.6 is 0 Å². The van der Waals surface area contributed by atoms with E-state index < -0.39 is 0 Å². The third-order valence-electron chi connectivity index (χ3n) is 13.8. The number of hydrogen-bond acceptors (Lipinski definition) is 3. The first kappa shape index (κ1) is 40.9. The summed E-state index contributed by atoms with van der Waals surface area (Å²) in [6.45, 7) is 0. The predicted octanol–water partition coefficient (Wildman–Crippen LogP) is 18.8. The Bertz CT molecular complexity index is 3920. The average Bonchev–Trinajstić information content (AvgIpc) is 3.43. The minimum atomic E-state index is 0.920. The van der Waals surface area contributed by atoms with Gasteiger partial charge in [0.15, 0.2) is 0 Å². The van der Waals surface area contributed by atoms with Crippen molar-refractivity contribution in [2.45, 2.75) is 0 Å². The van der Waals surface area contributed by atoms with E-state index in [0.29, 0.717) is 0 Å². The zero-order valence-corrected chi connectivity index (χ0v) is 38.3. The number of benzene rings is 12. The van der Waals surface area contributed by atoms with E-state index in [9.17, 15) is 0 Å². The van der Waals surface area contributed by atoms with Crippen LogP contribution in [0, 0.1) is 0 Å². The Kier molecular flexibility index (Phi) is 10.2. The standard InChI is InChI=1S/C67H45N3/c1-3-15-51-41-56(37-33-48(51)13-1)69(57-38-34-49-14-2-4-16-52(49)42-57)55-35-29-47(30-36-55)26-25-46-27-31-50(32-28-46)65-40-39-58(45-68-65)70(66-43-53-17-5-7-19-59(53)61-21-9-11-23-63(61)66)67-44-54-18-6-8-20-60(54)62-22-10-12-24-64(62)67/h1-45H. The lowest BCUT2D eigenvalue weighted by Crippen LogP contribution is -2.12. The maximum absolute atomic E-state index is 5.16. The van der Waals surface area contributed by atoms with Gasteiger partial charge in [0.2, 0.25) is 0 Å². The molecule has 0 fully saturated rings. The zero-order chi connectivity index (χ0) is 46.4. The fraction of sp³-hybridized carbons (Fsp3) is 0. The van der Waals surface area contributed by atoms with Gasteiger partial charge in [0.05, 0.1) is 29.0 Å². The maximum Gasteiger partial charge on any atom is 0.0703 e. The summed E-state index contributed by atoms with van der Waals surface area (Å²) in [5.74, 6) is 0. The van der Waals surface area contributed by atoms with Crippen molar-refractivity contribution >= 4 is 111 Å². The number of aromatic nitrogens is 1. The lowest BCUT2D eigenvalue weighted by molar-refractivity contribution is 1.25. The minimum absolute atomic E-state index is 0.920. The zero-order valence-electron chi connectivity index (χ0n) is 38.3. The molecule has 1 heterocycles. The van der Waals surface area contributed by atoms with Crippen LogP contribution in [-0.2, 0) is 0 Å². The summed E-state index contributed by atoms with van der Waals surface area (Å²) in [4.78, 5) is 9.92. The summed E-state index contributed by atoms with van der Waals surface area (Å²) < 4.78 is 0. The Morgan fingerprint density at radius 2 is 0.671 bits per heavy atom.